The van der Waals surface area contributed by atoms with Gasteiger partial charge in [0.25, 0.3) is 0 Å². The number of H-pyrrole nitrogens is 1. The van der Waals surface area contributed by atoms with E-state index in [2.05, 4.69) is 25.6 Å². The molecule has 0 radical (unpaired) electrons. The summed E-state index contributed by atoms with van der Waals surface area (Å²) in [5, 5.41) is 6.61. The summed E-state index contributed by atoms with van der Waals surface area (Å²) in [4.78, 5) is 24.2. The summed E-state index contributed by atoms with van der Waals surface area (Å²) in [7, 11) is 1.46. The number of pyridine rings is 2. The molecule has 1 fully saturated rings. The minimum absolute atomic E-state index is 0.00151. The fraction of sp³-hybridized carbons (Fsp3) is 0.320. The normalized spacial score (nSPS) is 18.2. The molecular weight excluding hydrogens is 459 g/mol. The summed E-state index contributed by atoms with van der Waals surface area (Å²) in [6, 6.07) is 7.34. The fourth-order valence-corrected chi connectivity index (χ4v) is 4.62. The van der Waals surface area contributed by atoms with E-state index >= 15 is 0 Å². The number of fused-ring (bicyclic) bond motifs is 2. The number of methoxy groups -OCH3 is 1. The third-order valence-corrected chi connectivity index (χ3v) is 6.48. The first-order valence-electron chi connectivity index (χ1n) is 11.4. The lowest BCUT2D eigenvalue weighted by atomic mass is 9.85. The van der Waals surface area contributed by atoms with E-state index < -0.39 is 17.5 Å². The number of carbonyl (C=O) groups is 1. The van der Waals surface area contributed by atoms with E-state index in [1.54, 1.807) is 18.2 Å². The lowest BCUT2D eigenvalue weighted by Crippen LogP contribution is -2.36. The Bertz CT molecular complexity index is 1400. The van der Waals surface area contributed by atoms with Crippen LogP contribution in [0, 0.1) is 23.4 Å². The molecule has 7 nitrogen and oxygen atoms in total. The van der Waals surface area contributed by atoms with Gasteiger partial charge in [0.1, 0.15) is 22.8 Å². The molecule has 1 aromatic carbocycles. The highest BCUT2D eigenvalue weighted by Gasteiger charge is 2.27. The molecule has 1 saturated carbocycles. The summed E-state index contributed by atoms with van der Waals surface area (Å²) in [6.07, 6.45) is 3.85. The number of rotatable bonds is 6. The standard InChI is InChI=1S/C25H24F3N5O2/c1-35-21-7-6-20-24(32-21)23(19(28)12-30-20)33-25(34)13-2-4-16(5-3-13)29-11-17-9-14-8-15(26)10-18(27)22(14)31-17/h6-10,12-13,16,29,31H,2-5,11H2,1H3,(H,30,33,34). The van der Waals surface area contributed by atoms with Crippen LogP contribution in [0.5, 0.6) is 5.88 Å². The van der Waals surface area contributed by atoms with Gasteiger partial charge in [-0.25, -0.2) is 18.2 Å². The van der Waals surface area contributed by atoms with Gasteiger partial charge in [-0.1, -0.05) is 0 Å². The number of halogens is 3. The second-order valence-electron chi connectivity index (χ2n) is 8.77. The molecule has 0 bridgehead atoms. The SMILES string of the molecule is COc1ccc2ncc(F)c(NC(=O)C3CCC(NCc4cc5cc(F)cc(F)c5[nH]4)CC3)c2n1. The monoisotopic (exact) mass is 483 g/mol. The van der Waals surface area contributed by atoms with Gasteiger partial charge >= 0.3 is 0 Å². The minimum Gasteiger partial charge on any atom is -0.481 e. The molecule has 10 heteroatoms. The number of ether oxygens (including phenoxy) is 1. The average Bonchev–Trinajstić information content (AvgIpc) is 3.27. The van der Waals surface area contributed by atoms with Crippen LogP contribution in [0.4, 0.5) is 18.9 Å². The fourth-order valence-electron chi connectivity index (χ4n) is 4.62. The van der Waals surface area contributed by atoms with E-state index in [9.17, 15) is 18.0 Å². The van der Waals surface area contributed by atoms with Crippen LogP contribution in [-0.2, 0) is 11.3 Å². The third-order valence-electron chi connectivity index (χ3n) is 6.48. The van der Waals surface area contributed by atoms with Crippen molar-refractivity contribution < 1.29 is 22.7 Å². The highest BCUT2D eigenvalue weighted by molar-refractivity contribution is 6.00. The Morgan fingerprint density at radius 2 is 1.91 bits per heavy atom. The number of hydrogen-bond donors (Lipinski definition) is 3. The highest BCUT2D eigenvalue weighted by Crippen LogP contribution is 2.29. The Morgan fingerprint density at radius 3 is 2.69 bits per heavy atom. The Morgan fingerprint density at radius 1 is 1.11 bits per heavy atom. The lowest BCUT2D eigenvalue weighted by Gasteiger charge is -2.28. The number of benzene rings is 1. The van der Waals surface area contributed by atoms with Gasteiger partial charge in [0.15, 0.2) is 5.82 Å². The zero-order valence-corrected chi connectivity index (χ0v) is 19.0. The summed E-state index contributed by atoms with van der Waals surface area (Å²) in [5.74, 6) is -2.10. The molecule has 4 aromatic rings. The van der Waals surface area contributed by atoms with Gasteiger partial charge in [0.2, 0.25) is 11.8 Å². The Kier molecular flexibility index (Phi) is 6.29. The molecule has 35 heavy (non-hydrogen) atoms. The molecule has 0 unspecified atom stereocenters. The number of nitrogens with zero attached hydrogens (tertiary/aromatic N) is 2. The molecule has 1 amide bonds. The van der Waals surface area contributed by atoms with Gasteiger partial charge in [-0.05, 0) is 43.9 Å². The molecule has 1 aliphatic carbocycles. The van der Waals surface area contributed by atoms with Crippen LogP contribution < -0.4 is 15.4 Å². The van der Waals surface area contributed by atoms with Gasteiger partial charge < -0.3 is 20.4 Å². The third kappa shape index (κ3) is 4.79. The van der Waals surface area contributed by atoms with Crippen LogP contribution in [0.25, 0.3) is 21.9 Å². The number of aromatic nitrogens is 3. The summed E-state index contributed by atoms with van der Waals surface area (Å²) < 4.78 is 47.0. The number of carbonyl (C=O) groups excluding carboxylic acids is 1. The number of anilines is 1. The maximum Gasteiger partial charge on any atom is 0.227 e. The Hall–Kier alpha value is -3.66. The molecule has 3 N–H and O–H groups in total. The molecule has 0 spiro atoms. The van der Waals surface area contributed by atoms with Gasteiger partial charge in [-0.15, -0.1) is 0 Å². The predicted molar refractivity (Wildman–Crippen MR) is 125 cm³/mol. The maximum absolute atomic E-state index is 14.5. The largest absolute Gasteiger partial charge is 0.481 e. The predicted octanol–water partition coefficient (Wildman–Crippen LogP) is 4.82. The average molecular weight is 483 g/mol. The molecule has 5 rings (SSSR count). The van der Waals surface area contributed by atoms with Crippen LogP contribution in [0.2, 0.25) is 0 Å². The molecule has 3 heterocycles. The van der Waals surface area contributed by atoms with Crippen molar-refractivity contribution in [3.05, 3.63) is 59.7 Å². The van der Waals surface area contributed by atoms with Crippen molar-refractivity contribution in [2.75, 3.05) is 12.4 Å². The van der Waals surface area contributed by atoms with E-state index in [1.165, 1.54) is 13.2 Å². The lowest BCUT2D eigenvalue weighted by molar-refractivity contribution is -0.120. The second-order valence-corrected chi connectivity index (χ2v) is 8.77. The van der Waals surface area contributed by atoms with Gasteiger partial charge in [-0.2, -0.15) is 0 Å². The molecule has 0 aliphatic heterocycles. The number of aromatic amines is 1. The minimum atomic E-state index is -0.656. The zero-order valence-electron chi connectivity index (χ0n) is 19.0. The topological polar surface area (TPSA) is 91.9 Å². The maximum atomic E-state index is 14.5. The Labute approximate surface area is 199 Å². The smallest absolute Gasteiger partial charge is 0.227 e. The molecule has 3 aromatic heterocycles. The zero-order chi connectivity index (χ0) is 24.5. The number of nitrogens with one attached hydrogen (secondary N) is 3. The van der Waals surface area contributed by atoms with Crippen LogP contribution in [0.3, 0.4) is 0 Å². The molecular formula is C25H24F3N5O2. The van der Waals surface area contributed by atoms with Crippen molar-refractivity contribution in [1.82, 2.24) is 20.3 Å². The number of amides is 1. The Balaban J connectivity index is 1.19. The number of hydrogen-bond acceptors (Lipinski definition) is 5. The van der Waals surface area contributed by atoms with Crippen molar-refractivity contribution >= 4 is 33.5 Å². The molecule has 182 valence electrons. The van der Waals surface area contributed by atoms with E-state index in [4.69, 9.17) is 4.74 Å². The first kappa shape index (κ1) is 23.1. The highest BCUT2D eigenvalue weighted by atomic mass is 19.1. The van der Waals surface area contributed by atoms with Crippen LogP contribution in [-0.4, -0.2) is 34.0 Å². The van der Waals surface area contributed by atoms with Crippen molar-refractivity contribution in [2.24, 2.45) is 5.92 Å². The van der Waals surface area contributed by atoms with Crippen molar-refractivity contribution in [3.8, 4) is 5.88 Å². The summed E-state index contributed by atoms with van der Waals surface area (Å²) in [6.45, 7) is 0.471. The molecule has 1 aliphatic rings. The van der Waals surface area contributed by atoms with Crippen molar-refractivity contribution in [1.29, 1.82) is 0 Å². The van der Waals surface area contributed by atoms with E-state index in [0.717, 1.165) is 30.8 Å². The summed E-state index contributed by atoms with van der Waals surface area (Å²) in [5.41, 5.74) is 1.73. The van der Waals surface area contributed by atoms with E-state index in [-0.39, 0.29) is 34.6 Å². The molecule has 0 atom stereocenters. The van der Waals surface area contributed by atoms with Gasteiger partial charge in [0, 0.05) is 41.7 Å². The first-order chi connectivity index (χ1) is 16.9. The van der Waals surface area contributed by atoms with E-state index in [1.807, 2.05) is 0 Å². The first-order valence-corrected chi connectivity index (χ1v) is 11.4. The van der Waals surface area contributed by atoms with Crippen molar-refractivity contribution in [2.45, 2.75) is 38.3 Å². The van der Waals surface area contributed by atoms with Crippen molar-refractivity contribution in [3.63, 3.8) is 0 Å². The van der Waals surface area contributed by atoms with Crippen LogP contribution >= 0.6 is 0 Å². The summed E-state index contributed by atoms with van der Waals surface area (Å²) >= 11 is 0. The van der Waals surface area contributed by atoms with Gasteiger partial charge in [0.05, 0.1) is 24.3 Å². The van der Waals surface area contributed by atoms with E-state index in [0.29, 0.717) is 36.2 Å². The second kappa shape index (κ2) is 9.53. The quantitative estimate of drug-likeness (QED) is 0.366. The molecule has 0 saturated heterocycles. The van der Waals surface area contributed by atoms with Crippen LogP contribution in [0.15, 0.2) is 36.5 Å². The van der Waals surface area contributed by atoms with Gasteiger partial charge in [-0.3, -0.25) is 9.78 Å². The van der Waals surface area contributed by atoms with Crippen LogP contribution in [0.1, 0.15) is 31.4 Å².